The highest BCUT2D eigenvalue weighted by molar-refractivity contribution is 7.11. The molecule has 0 radical (unpaired) electrons. The third-order valence-corrected chi connectivity index (χ3v) is 6.94. The molecule has 2 aliphatic heterocycles. The van der Waals surface area contributed by atoms with Gasteiger partial charge < -0.3 is 14.7 Å². The third kappa shape index (κ3) is 4.96. The van der Waals surface area contributed by atoms with E-state index in [4.69, 9.17) is 21.3 Å². The van der Waals surface area contributed by atoms with Crippen molar-refractivity contribution >= 4 is 46.4 Å². The molecule has 5 rings (SSSR count). The number of carboxylic acid groups (broad SMARTS) is 1. The SMILES string of the molecule is O=C(O)CN1CN2C(c3nccs3)=N[C@@H](c3ccc(F)cc3Cl)C(c3ccn(C(F)F)n3)=C2CCOC1=O. The molecule has 0 aliphatic carbocycles. The van der Waals surface area contributed by atoms with Crippen LogP contribution in [0.25, 0.3) is 5.57 Å². The first-order chi connectivity index (χ1) is 18.2. The summed E-state index contributed by atoms with van der Waals surface area (Å²) in [5, 5.41) is 15.6. The Kier molecular flexibility index (Phi) is 7.08. The van der Waals surface area contributed by atoms with Crippen LogP contribution in [0.3, 0.4) is 0 Å². The molecule has 2 aliphatic rings. The highest BCUT2D eigenvalue weighted by Crippen LogP contribution is 2.44. The fourth-order valence-corrected chi connectivity index (χ4v) is 5.18. The predicted molar refractivity (Wildman–Crippen MR) is 130 cm³/mol. The summed E-state index contributed by atoms with van der Waals surface area (Å²) in [6.45, 7) is -3.98. The Morgan fingerprint density at radius 2 is 2.13 bits per heavy atom. The minimum atomic E-state index is -2.90. The molecule has 0 unspecified atom stereocenters. The molecule has 1 saturated heterocycles. The first-order valence-electron chi connectivity index (χ1n) is 11.1. The number of ether oxygens (including phenoxy) is 1. The molecule has 15 heteroatoms. The Hall–Kier alpha value is -3.91. The van der Waals surface area contributed by atoms with Crippen LogP contribution in [0.1, 0.15) is 35.3 Å². The van der Waals surface area contributed by atoms with E-state index in [1.165, 1.54) is 29.5 Å². The van der Waals surface area contributed by atoms with Crippen LogP contribution in [0.4, 0.5) is 18.0 Å². The molecule has 2 aromatic heterocycles. The molecular formula is C23H18ClF3N6O4S. The van der Waals surface area contributed by atoms with Crippen LogP contribution in [0.2, 0.25) is 5.02 Å². The van der Waals surface area contributed by atoms with Gasteiger partial charge in [0.05, 0.1) is 12.3 Å². The Morgan fingerprint density at radius 3 is 2.79 bits per heavy atom. The van der Waals surface area contributed by atoms with Crippen molar-refractivity contribution in [1.82, 2.24) is 24.6 Å². The molecule has 198 valence electrons. The number of nitrogens with zero attached hydrogens (tertiary/aromatic N) is 6. The lowest BCUT2D eigenvalue weighted by Gasteiger charge is -2.40. The standard InChI is InChI=1S/C23H18ClF3N6O4S/c24-14-9-12(25)1-2-13(14)19-18(15-3-6-33(30-15)22(26)27)16-4-7-37-23(36)31(10-17(34)35)11-32(16)20(29-19)21-28-5-8-38-21/h1-3,5-6,8-9,19,22H,4,7,10-11H2,(H,34,35)/t19-/m0/s1. The van der Waals surface area contributed by atoms with Crippen LogP contribution in [-0.4, -0.2) is 67.4 Å². The summed E-state index contributed by atoms with van der Waals surface area (Å²) in [5.74, 6) is -1.54. The monoisotopic (exact) mass is 566 g/mol. The smallest absolute Gasteiger partial charge is 0.411 e. The second-order valence-corrected chi connectivity index (χ2v) is 9.50. The number of fused-ring (bicyclic) bond motifs is 1. The maximum atomic E-state index is 13.9. The highest BCUT2D eigenvalue weighted by atomic mass is 35.5. The van der Waals surface area contributed by atoms with Gasteiger partial charge in [-0.1, -0.05) is 17.7 Å². The van der Waals surface area contributed by atoms with Gasteiger partial charge in [-0.15, -0.1) is 11.3 Å². The number of alkyl halides is 2. The molecule has 4 heterocycles. The van der Waals surface area contributed by atoms with Crippen LogP contribution in [0.5, 0.6) is 0 Å². The number of aromatic nitrogens is 3. The largest absolute Gasteiger partial charge is 0.480 e. The Balaban J connectivity index is 1.75. The Morgan fingerprint density at radius 1 is 1.32 bits per heavy atom. The van der Waals surface area contributed by atoms with Crippen LogP contribution in [0, 0.1) is 5.82 Å². The number of amides is 1. The lowest BCUT2D eigenvalue weighted by atomic mass is 9.91. The second kappa shape index (κ2) is 10.5. The topological polar surface area (TPSA) is 113 Å². The van der Waals surface area contributed by atoms with Crippen molar-refractivity contribution < 1.29 is 32.6 Å². The molecule has 1 N–H and O–H groups in total. The number of hydrogen-bond donors (Lipinski definition) is 1. The molecule has 38 heavy (non-hydrogen) atoms. The molecule has 0 bridgehead atoms. The van der Waals surface area contributed by atoms with E-state index in [-0.39, 0.29) is 30.4 Å². The van der Waals surface area contributed by atoms with E-state index in [2.05, 4.69) is 10.1 Å². The number of carbonyl (C=O) groups is 2. The van der Waals surface area contributed by atoms with Crippen molar-refractivity contribution in [1.29, 1.82) is 0 Å². The van der Waals surface area contributed by atoms with Gasteiger partial charge in [0.1, 0.15) is 25.1 Å². The summed E-state index contributed by atoms with van der Waals surface area (Å²) in [7, 11) is 0. The fraction of sp³-hybridized carbons (Fsp3) is 0.261. The molecule has 1 aromatic carbocycles. The fourth-order valence-electron chi connectivity index (χ4n) is 4.27. The van der Waals surface area contributed by atoms with Crippen LogP contribution in [-0.2, 0) is 9.53 Å². The van der Waals surface area contributed by atoms with Gasteiger partial charge in [0.15, 0.2) is 10.8 Å². The minimum Gasteiger partial charge on any atom is -0.480 e. The van der Waals surface area contributed by atoms with Gasteiger partial charge >= 0.3 is 18.6 Å². The number of cyclic esters (lactones) is 1. The Labute approximate surface area is 222 Å². The number of halogens is 4. The van der Waals surface area contributed by atoms with Gasteiger partial charge in [0.2, 0.25) is 0 Å². The minimum absolute atomic E-state index is 0.0573. The van der Waals surface area contributed by atoms with E-state index in [9.17, 15) is 27.9 Å². The van der Waals surface area contributed by atoms with Crippen molar-refractivity contribution in [3.63, 3.8) is 0 Å². The molecular weight excluding hydrogens is 549 g/mol. The molecule has 1 fully saturated rings. The number of benzene rings is 1. The number of hydrogen-bond acceptors (Lipinski definition) is 8. The number of aliphatic carboxylic acids is 1. The van der Waals surface area contributed by atoms with Crippen molar-refractivity contribution in [3.05, 3.63) is 74.8 Å². The number of amidine groups is 1. The van der Waals surface area contributed by atoms with Crippen LogP contribution >= 0.6 is 22.9 Å². The molecule has 3 aromatic rings. The normalized spacial score (nSPS) is 18.2. The van der Waals surface area contributed by atoms with E-state index in [1.54, 1.807) is 16.5 Å². The zero-order valence-corrected chi connectivity index (χ0v) is 20.9. The number of carboxylic acids is 1. The van der Waals surface area contributed by atoms with E-state index in [0.717, 1.165) is 17.2 Å². The average Bonchev–Trinajstić information content (AvgIpc) is 3.55. The van der Waals surface area contributed by atoms with Crippen LogP contribution < -0.4 is 0 Å². The maximum Gasteiger partial charge on any atom is 0.411 e. The van der Waals surface area contributed by atoms with Crippen molar-refractivity contribution in [2.45, 2.75) is 19.0 Å². The number of carbonyl (C=O) groups excluding carboxylic acids is 1. The molecule has 10 nitrogen and oxygen atoms in total. The number of thiazole rings is 1. The average molecular weight is 567 g/mol. The van der Waals surface area contributed by atoms with Gasteiger partial charge in [-0.25, -0.2) is 18.9 Å². The van der Waals surface area contributed by atoms with Crippen molar-refractivity contribution in [2.75, 3.05) is 19.8 Å². The zero-order chi connectivity index (χ0) is 27.0. The number of rotatable bonds is 6. The summed E-state index contributed by atoms with van der Waals surface area (Å²) in [6.07, 6.45) is 1.94. The van der Waals surface area contributed by atoms with Gasteiger partial charge in [-0.3, -0.25) is 14.7 Å². The van der Waals surface area contributed by atoms with Crippen molar-refractivity contribution in [3.8, 4) is 0 Å². The maximum absolute atomic E-state index is 13.9. The number of aliphatic imine (C=N–C) groups is 1. The van der Waals surface area contributed by atoms with E-state index in [0.29, 0.717) is 32.4 Å². The highest BCUT2D eigenvalue weighted by Gasteiger charge is 2.38. The van der Waals surface area contributed by atoms with E-state index >= 15 is 0 Å². The lowest BCUT2D eigenvalue weighted by Crippen LogP contribution is -2.49. The predicted octanol–water partition coefficient (Wildman–Crippen LogP) is 4.63. The summed E-state index contributed by atoms with van der Waals surface area (Å²) in [6, 6.07) is 4.25. The summed E-state index contributed by atoms with van der Waals surface area (Å²) in [4.78, 5) is 35.8. The quantitative estimate of drug-likeness (QED) is 0.463. The van der Waals surface area contributed by atoms with E-state index in [1.807, 2.05) is 0 Å². The lowest BCUT2D eigenvalue weighted by molar-refractivity contribution is -0.138. The van der Waals surface area contributed by atoms with Crippen molar-refractivity contribution in [2.24, 2.45) is 4.99 Å². The summed E-state index contributed by atoms with van der Waals surface area (Å²) in [5.41, 5.74) is 1.39. The molecule has 1 atom stereocenters. The van der Waals surface area contributed by atoms with Gasteiger partial charge in [-0.05, 0) is 18.2 Å². The molecule has 0 saturated carbocycles. The third-order valence-electron chi connectivity index (χ3n) is 5.84. The second-order valence-electron chi connectivity index (χ2n) is 8.20. The summed E-state index contributed by atoms with van der Waals surface area (Å²) >= 11 is 7.68. The van der Waals surface area contributed by atoms with Gasteiger partial charge in [0, 0.05) is 46.1 Å². The van der Waals surface area contributed by atoms with Gasteiger partial charge in [-0.2, -0.15) is 13.9 Å². The molecule has 1 amide bonds. The van der Waals surface area contributed by atoms with Crippen LogP contribution in [0.15, 0.2) is 52.7 Å². The van der Waals surface area contributed by atoms with E-state index < -0.39 is 37.0 Å². The molecule has 0 spiro atoms. The first-order valence-corrected chi connectivity index (χ1v) is 12.4. The summed E-state index contributed by atoms with van der Waals surface area (Å²) < 4.78 is 46.6. The van der Waals surface area contributed by atoms with Gasteiger partial charge in [0.25, 0.3) is 0 Å². The zero-order valence-electron chi connectivity index (χ0n) is 19.3. The first kappa shape index (κ1) is 25.7. The Bertz CT molecular complexity index is 1440.